The van der Waals surface area contributed by atoms with Crippen molar-refractivity contribution in [2.24, 2.45) is 0 Å². The summed E-state index contributed by atoms with van der Waals surface area (Å²) in [5, 5.41) is 15.9. The molecule has 0 aliphatic rings. The lowest BCUT2D eigenvalue weighted by Crippen LogP contribution is -2.28. The summed E-state index contributed by atoms with van der Waals surface area (Å²) >= 11 is 12.4. The van der Waals surface area contributed by atoms with E-state index < -0.39 is 5.82 Å². The van der Waals surface area contributed by atoms with Crippen LogP contribution in [-0.4, -0.2) is 38.0 Å². The first-order chi connectivity index (χ1) is 13.6. The van der Waals surface area contributed by atoms with Gasteiger partial charge in [-0.3, -0.25) is 0 Å². The predicted molar refractivity (Wildman–Crippen MR) is 110 cm³/mol. The molecule has 0 bridgehead atoms. The van der Waals surface area contributed by atoms with Gasteiger partial charge in [-0.2, -0.15) is 0 Å². The molecule has 0 amide bonds. The fourth-order valence-electron chi connectivity index (χ4n) is 2.52. The largest absolute Gasteiger partial charge is 0.490 e. The number of rotatable bonds is 12. The van der Waals surface area contributed by atoms with E-state index in [4.69, 9.17) is 37.8 Å². The first-order valence-electron chi connectivity index (χ1n) is 9.10. The summed E-state index contributed by atoms with van der Waals surface area (Å²) < 4.78 is 25.4. The average molecular weight is 431 g/mol. The van der Waals surface area contributed by atoms with Crippen molar-refractivity contribution in [2.45, 2.75) is 20.1 Å². The zero-order valence-corrected chi connectivity index (χ0v) is 17.2. The van der Waals surface area contributed by atoms with E-state index in [1.165, 1.54) is 6.07 Å². The molecule has 0 saturated carbocycles. The topological polar surface area (TPSA) is 62.8 Å². The van der Waals surface area contributed by atoms with Crippen LogP contribution >= 0.6 is 23.2 Å². The minimum Gasteiger partial charge on any atom is -0.490 e. The van der Waals surface area contributed by atoms with Gasteiger partial charge < -0.3 is 25.2 Å². The maximum atomic E-state index is 13.9. The molecule has 0 spiro atoms. The van der Waals surface area contributed by atoms with Crippen LogP contribution in [0.1, 0.15) is 18.1 Å². The Kier molecular flexibility index (Phi) is 9.81. The minimum atomic E-state index is -0.424. The molecule has 154 valence electrons. The average Bonchev–Trinajstić information content (AvgIpc) is 2.67. The van der Waals surface area contributed by atoms with Gasteiger partial charge in [0.25, 0.3) is 0 Å². The summed E-state index contributed by atoms with van der Waals surface area (Å²) in [6.45, 7) is 4.99. The Morgan fingerprint density at radius 1 is 1.00 bits per heavy atom. The van der Waals surface area contributed by atoms with Crippen molar-refractivity contribution < 1.29 is 19.0 Å². The number of ether oxygens (including phenoxy) is 2. The molecular weight excluding hydrogens is 406 g/mol. The van der Waals surface area contributed by atoms with Crippen molar-refractivity contribution in [3.63, 3.8) is 0 Å². The molecule has 0 unspecified atom stereocenters. The molecule has 2 aromatic carbocycles. The summed E-state index contributed by atoms with van der Waals surface area (Å²) in [6.07, 6.45) is 0. The first-order valence-corrected chi connectivity index (χ1v) is 9.85. The van der Waals surface area contributed by atoms with Crippen LogP contribution in [0.15, 0.2) is 30.3 Å². The van der Waals surface area contributed by atoms with Gasteiger partial charge in [-0.15, -0.1) is 0 Å². The molecule has 0 heterocycles. The van der Waals surface area contributed by atoms with Crippen molar-refractivity contribution in [3.05, 3.63) is 57.3 Å². The Balaban J connectivity index is 2.05. The number of aliphatic hydroxyl groups is 1. The quantitative estimate of drug-likeness (QED) is 0.447. The fourth-order valence-corrected chi connectivity index (χ4v) is 2.96. The van der Waals surface area contributed by atoms with Crippen molar-refractivity contribution in [3.8, 4) is 11.5 Å². The third kappa shape index (κ3) is 6.79. The SMILES string of the molecule is CCOc1cc(CNCCNCCO)c(Cl)cc1OCc1c(F)cccc1Cl. The summed E-state index contributed by atoms with van der Waals surface area (Å²) in [5.41, 5.74) is 1.15. The highest BCUT2D eigenvalue weighted by molar-refractivity contribution is 6.31. The standard InChI is InChI=1S/C20H25Cl2FN2O3/c1-2-27-19-10-14(12-25-7-6-24-8-9-26)17(22)11-20(19)28-13-15-16(21)4-3-5-18(15)23/h3-5,10-11,24-26H,2,6-9,12-13H2,1H3. The lowest BCUT2D eigenvalue weighted by atomic mass is 10.2. The van der Waals surface area contributed by atoms with E-state index in [-0.39, 0.29) is 18.8 Å². The highest BCUT2D eigenvalue weighted by Gasteiger charge is 2.14. The van der Waals surface area contributed by atoms with E-state index in [1.54, 1.807) is 18.2 Å². The monoisotopic (exact) mass is 430 g/mol. The molecule has 5 nitrogen and oxygen atoms in total. The van der Waals surface area contributed by atoms with Crippen LogP contribution in [0.2, 0.25) is 10.0 Å². The van der Waals surface area contributed by atoms with Gasteiger partial charge in [0.15, 0.2) is 11.5 Å². The van der Waals surface area contributed by atoms with Crippen LogP contribution < -0.4 is 20.1 Å². The van der Waals surface area contributed by atoms with Gasteiger partial charge in [0.05, 0.1) is 18.2 Å². The normalized spacial score (nSPS) is 10.9. The van der Waals surface area contributed by atoms with E-state index >= 15 is 0 Å². The highest BCUT2D eigenvalue weighted by Crippen LogP contribution is 2.35. The minimum absolute atomic E-state index is 0.0317. The Bertz CT molecular complexity index is 742. The number of hydrogen-bond acceptors (Lipinski definition) is 5. The Morgan fingerprint density at radius 2 is 1.75 bits per heavy atom. The van der Waals surface area contributed by atoms with Crippen molar-refractivity contribution in [1.82, 2.24) is 10.6 Å². The molecule has 2 aromatic rings. The summed E-state index contributed by atoms with van der Waals surface area (Å²) in [4.78, 5) is 0. The smallest absolute Gasteiger partial charge is 0.163 e. The van der Waals surface area contributed by atoms with Crippen molar-refractivity contribution in [2.75, 3.05) is 32.8 Å². The number of halogens is 3. The van der Waals surface area contributed by atoms with Crippen LogP contribution in [-0.2, 0) is 13.2 Å². The van der Waals surface area contributed by atoms with Crippen molar-refractivity contribution in [1.29, 1.82) is 0 Å². The molecule has 28 heavy (non-hydrogen) atoms. The number of hydrogen-bond donors (Lipinski definition) is 3. The van der Waals surface area contributed by atoms with E-state index in [0.29, 0.717) is 41.2 Å². The first kappa shape index (κ1) is 22.7. The molecule has 0 aromatic heterocycles. The molecule has 3 N–H and O–H groups in total. The summed E-state index contributed by atoms with van der Waals surface area (Å²) in [6, 6.07) is 7.99. The predicted octanol–water partition coefficient (Wildman–Crippen LogP) is 3.78. The zero-order chi connectivity index (χ0) is 20.4. The summed E-state index contributed by atoms with van der Waals surface area (Å²) in [7, 11) is 0. The number of nitrogens with one attached hydrogen (secondary N) is 2. The Labute approximate surface area is 174 Å². The number of benzene rings is 2. The van der Waals surface area contributed by atoms with E-state index in [2.05, 4.69) is 10.6 Å². The van der Waals surface area contributed by atoms with E-state index in [0.717, 1.165) is 18.7 Å². The maximum Gasteiger partial charge on any atom is 0.163 e. The van der Waals surface area contributed by atoms with Crippen molar-refractivity contribution >= 4 is 23.2 Å². The molecule has 0 radical (unpaired) electrons. The van der Waals surface area contributed by atoms with Crippen LogP contribution in [0.25, 0.3) is 0 Å². The third-order valence-corrected chi connectivity index (χ3v) is 4.63. The maximum absolute atomic E-state index is 13.9. The summed E-state index contributed by atoms with van der Waals surface area (Å²) in [5.74, 6) is 0.543. The molecule has 2 rings (SSSR count). The van der Waals surface area contributed by atoms with E-state index in [1.807, 2.05) is 13.0 Å². The van der Waals surface area contributed by atoms with Gasteiger partial charge in [-0.05, 0) is 30.7 Å². The van der Waals surface area contributed by atoms with Gasteiger partial charge in [0, 0.05) is 42.8 Å². The Morgan fingerprint density at radius 3 is 2.46 bits per heavy atom. The van der Waals surface area contributed by atoms with Gasteiger partial charge in [-0.25, -0.2) is 4.39 Å². The van der Waals surface area contributed by atoms with Gasteiger partial charge >= 0.3 is 0 Å². The van der Waals surface area contributed by atoms with E-state index in [9.17, 15) is 4.39 Å². The lowest BCUT2D eigenvalue weighted by molar-refractivity contribution is 0.265. The molecule has 0 atom stereocenters. The molecule has 0 fully saturated rings. The van der Waals surface area contributed by atoms with Gasteiger partial charge in [-0.1, -0.05) is 29.3 Å². The van der Waals surface area contributed by atoms with Crippen LogP contribution in [0, 0.1) is 5.82 Å². The third-order valence-electron chi connectivity index (χ3n) is 3.93. The van der Waals surface area contributed by atoms with Crippen LogP contribution in [0.4, 0.5) is 4.39 Å². The van der Waals surface area contributed by atoms with Crippen LogP contribution in [0.5, 0.6) is 11.5 Å². The van der Waals surface area contributed by atoms with Crippen LogP contribution in [0.3, 0.4) is 0 Å². The fraction of sp³-hybridized carbons (Fsp3) is 0.400. The molecule has 8 heteroatoms. The lowest BCUT2D eigenvalue weighted by Gasteiger charge is -2.16. The zero-order valence-electron chi connectivity index (χ0n) is 15.7. The second-order valence-electron chi connectivity index (χ2n) is 5.96. The molecular formula is C20H25Cl2FN2O3. The van der Waals surface area contributed by atoms with Gasteiger partial charge in [0.2, 0.25) is 0 Å². The molecule has 0 aliphatic heterocycles. The second kappa shape index (κ2) is 12.1. The molecule has 0 aliphatic carbocycles. The molecule has 0 saturated heterocycles. The second-order valence-corrected chi connectivity index (χ2v) is 6.78. The highest BCUT2D eigenvalue weighted by atomic mass is 35.5. The van der Waals surface area contributed by atoms with Gasteiger partial charge in [0.1, 0.15) is 12.4 Å². The number of aliphatic hydroxyl groups excluding tert-OH is 1. The Hall–Kier alpha value is -1.57.